The van der Waals surface area contributed by atoms with E-state index in [1.165, 1.54) is 0 Å². The highest BCUT2D eigenvalue weighted by Gasteiger charge is 2.37. The average molecular weight is 377 g/mol. The molecule has 3 heterocycles. The van der Waals surface area contributed by atoms with E-state index in [-0.39, 0.29) is 0 Å². The van der Waals surface area contributed by atoms with Gasteiger partial charge in [0.05, 0.1) is 11.0 Å². The lowest BCUT2D eigenvalue weighted by atomic mass is 9.94. The maximum absolute atomic E-state index is 13.0. The van der Waals surface area contributed by atoms with Gasteiger partial charge in [0.25, 0.3) is 10.2 Å². The number of benzene rings is 1. The van der Waals surface area contributed by atoms with Gasteiger partial charge in [-0.2, -0.15) is 17.0 Å². The van der Waals surface area contributed by atoms with Crippen LogP contribution >= 0.6 is 0 Å². The molecule has 2 aliphatic rings. The molecule has 2 aliphatic heterocycles. The van der Waals surface area contributed by atoms with Crippen molar-refractivity contribution in [2.24, 2.45) is 11.8 Å². The highest BCUT2D eigenvalue weighted by atomic mass is 32.2. The number of fused-ring (bicyclic) bond motifs is 1. The fourth-order valence-electron chi connectivity index (χ4n) is 4.48. The Kier molecular flexibility index (Phi) is 4.79. The van der Waals surface area contributed by atoms with Crippen LogP contribution in [-0.2, 0) is 10.2 Å². The van der Waals surface area contributed by atoms with Crippen molar-refractivity contribution in [3.8, 4) is 0 Å². The van der Waals surface area contributed by atoms with Crippen LogP contribution in [0.4, 0.5) is 0 Å². The molecule has 0 amide bonds. The van der Waals surface area contributed by atoms with Crippen molar-refractivity contribution >= 4 is 21.2 Å². The number of para-hydroxylation sites is 2. The van der Waals surface area contributed by atoms with Crippen LogP contribution in [0.5, 0.6) is 0 Å². The predicted octanol–water partition coefficient (Wildman–Crippen LogP) is 2.97. The molecule has 1 aromatic carbocycles. The summed E-state index contributed by atoms with van der Waals surface area (Å²) in [6, 6.07) is 8.03. The number of nitrogens with one attached hydrogen (secondary N) is 1. The normalized spacial score (nSPS) is 27.2. The second-order valence-electron chi connectivity index (χ2n) is 8.08. The molecule has 0 aliphatic carbocycles. The number of imidazole rings is 1. The van der Waals surface area contributed by atoms with Gasteiger partial charge >= 0.3 is 0 Å². The number of aromatic nitrogens is 2. The molecule has 2 saturated heterocycles. The van der Waals surface area contributed by atoms with Gasteiger partial charge < -0.3 is 4.98 Å². The van der Waals surface area contributed by atoms with Crippen molar-refractivity contribution in [1.82, 2.24) is 18.6 Å². The SMILES string of the molecule is CC1CC(C)CN(S(=O)(=O)N2CCC(c3nc4ccccc4[nH]3)CC2)C1. The molecule has 4 rings (SSSR count). The molecular weight excluding hydrogens is 348 g/mol. The van der Waals surface area contributed by atoms with Crippen LogP contribution in [0.1, 0.15) is 44.9 Å². The molecule has 2 aromatic rings. The summed E-state index contributed by atoms with van der Waals surface area (Å²) in [5.74, 6) is 2.15. The van der Waals surface area contributed by atoms with E-state index >= 15 is 0 Å². The summed E-state index contributed by atoms with van der Waals surface area (Å²) in [6.07, 6.45) is 2.75. The number of hydrogen-bond donors (Lipinski definition) is 1. The van der Waals surface area contributed by atoms with Gasteiger partial charge in [-0.15, -0.1) is 0 Å². The molecule has 2 atom stereocenters. The van der Waals surface area contributed by atoms with Crippen LogP contribution in [0.25, 0.3) is 11.0 Å². The van der Waals surface area contributed by atoms with E-state index in [4.69, 9.17) is 4.98 Å². The van der Waals surface area contributed by atoms with Crippen LogP contribution in [0, 0.1) is 11.8 Å². The minimum absolute atomic E-state index is 0.299. The Morgan fingerprint density at radius 1 is 1.04 bits per heavy atom. The minimum Gasteiger partial charge on any atom is -0.342 e. The summed E-state index contributed by atoms with van der Waals surface area (Å²) >= 11 is 0. The van der Waals surface area contributed by atoms with Crippen molar-refractivity contribution in [2.75, 3.05) is 26.2 Å². The summed E-state index contributed by atoms with van der Waals surface area (Å²) in [6.45, 7) is 6.73. The van der Waals surface area contributed by atoms with Gasteiger partial charge in [-0.25, -0.2) is 4.98 Å². The van der Waals surface area contributed by atoms with E-state index in [0.717, 1.165) is 36.1 Å². The van der Waals surface area contributed by atoms with Crippen molar-refractivity contribution in [3.05, 3.63) is 30.1 Å². The van der Waals surface area contributed by atoms with E-state index < -0.39 is 10.2 Å². The van der Waals surface area contributed by atoms with Crippen molar-refractivity contribution in [2.45, 2.75) is 39.0 Å². The third-order valence-corrected chi connectivity index (χ3v) is 7.70. The third kappa shape index (κ3) is 3.40. The number of aromatic amines is 1. The van der Waals surface area contributed by atoms with Crippen molar-refractivity contribution in [3.63, 3.8) is 0 Å². The minimum atomic E-state index is -3.35. The molecule has 0 saturated carbocycles. The van der Waals surface area contributed by atoms with Gasteiger partial charge in [0.1, 0.15) is 5.82 Å². The zero-order valence-electron chi connectivity index (χ0n) is 15.6. The van der Waals surface area contributed by atoms with Gasteiger partial charge in [-0.05, 0) is 43.2 Å². The fraction of sp³-hybridized carbons (Fsp3) is 0.632. The lowest BCUT2D eigenvalue weighted by molar-refractivity contribution is 0.201. The third-order valence-electron chi connectivity index (χ3n) is 5.74. The molecule has 142 valence electrons. The van der Waals surface area contributed by atoms with Crippen LogP contribution in [0.2, 0.25) is 0 Å². The lowest BCUT2D eigenvalue weighted by Gasteiger charge is -2.39. The fourth-order valence-corrected chi connectivity index (χ4v) is 6.37. The number of nitrogens with zero attached hydrogens (tertiary/aromatic N) is 3. The van der Waals surface area contributed by atoms with Crippen LogP contribution in [0.15, 0.2) is 24.3 Å². The molecular formula is C19H28N4O2S. The van der Waals surface area contributed by atoms with Crippen molar-refractivity contribution < 1.29 is 8.42 Å². The molecule has 0 bridgehead atoms. The van der Waals surface area contributed by atoms with Gasteiger partial charge in [0.15, 0.2) is 0 Å². The van der Waals surface area contributed by atoms with E-state index in [1.807, 2.05) is 24.3 Å². The first-order valence-corrected chi connectivity index (χ1v) is 11.0. The van der Waals surface area contributed by atoms with Gasteiger partial charge in [0.2, 0.25) is 0 Å². The molecule has 26 heavy (non-hydrogen) atoms. The highest BCUT2D eigenvalue weighted by Crippen LogP contribution is 2.31. The Bertz CT molecular complexity index is 828. The standard InChI is InChI=1S/C19H28N4O2S/c1-14-11-15(2)13-23(12-14)26(24,25)22-9-7-16(8-10-22)19-20-17-5-3-4-6-18(17)21-19/h3-6,14-16H,7-13H2,1-2H3,(H,20,21). The first kappa shape index (κ1) is 17.9. The van der Waals surface area contributed by atoms with Gasteiger partial charge in [-0.3, -0.25) is 0 Å². The zero-order valence-corrected chi connectivity index (χ0v) is 16.4. The number of hydrogen-bond acceptors (Lipinski definition) is 3. The van der Waals surface area contributed by atoms with E-state index in [2.05, 4.69) is 18.8 Å². The molecule has 1 N–H and O–H groups in total. The predicted molar refractivity (Wildman–Crippen MR) is 103 cm³/mol. The van der Waals surface area contributed by atoms with E-state index in [0.29, 0.717) is 43.9 Å². The van der Waals surface area contributed by atoms with Crippen LogP contribution < -0.4 is 0 Å². The first-order chi connectivity index (χ1) is 12.4. The van der Waals surface area contributed by atoms with Gasteiger partial charge in [0, 0.05) is 32.1 Å². The topological polar surface area (TPSA) is 69.3 Å². The zero-order chi connectivity index (χ0) is 18.3. The second-order valence-corrected chi connectivity index (χ2v) is 10.0. The summed E-state index contributed by atoms with van der Waals surface area (Å²) in [5.41, 5.74) is 2.03. The van der Waals surface area contributed by atoms with Crippen molar-refractivity contribution in [1.29, 1.82) is 0 Å². The van der Waals surface area contributed by atoms with Crippen LogP contribution in [-0.4, -0.2) is 53.2 Å². The Labute approximate surface area is 155 Å². The Balaban J connectivity index is 1.44. The van der Waals surface area contributed by atoms with Crippen LogP contribution in [0.3, 0.4) is 0 Å². The summed E-state index contributed by atoms with van der Waals surface area (Å²) < 4.78 is 29.5. The monoisotopic (exact) mass is 376 g/mol. The molecule has 2 fully saturated rings. The number of rotatable bonds is 3. The Morgan fingerprint density at radius 3 is 2.35 bits per heavy atom. The van der Waals surface area contributed by atoms with Gasteiger partial charge in [-0.1, -0.05) is 26.0 Å². The maximum Gasteiger partial charge on any atom is 0.281 e. The largest absolute Gasteiger partial charge is 0.342 e. The first-order valence-electron chi connectivity index (χ1n) is 9.63. The molecule has 2 unspecified atom stereocenters. The lowest BCUT2D eigenvalue weighted by Crippen LogP contribution is -2.51. The number of piperidine rings is 2. The molecule has 7 heteroatoms. The Hall–Kier alpha value is -1.44. The molecule has 6 nitrogen and oxygen atoms in total. The second kappa shape index (κ2) is 6.94. The molecule has 0 spiro atoms. The van der Waals surface area contributed by atoms with E-state index in [1.54, 1.807) is 8.61 Å². The maximum atomic E-state index is 13.0. The van der Waals surface area contributed by atoms with E-state index in [9.17, 15) is 8.42 Å². The molecule has 0 radical (unpaired) electrons. The summed E-state index contributed by atoms with van der Waals surface area (Å²) in [7, 11) is -3.35. The average Bonchev–Trinajstić information content (AvgIpc) is 3.05. The Morgan fingerprint density at radius 2 is 1.69 bits per heavy atom. The summed E-state index contributed by atoms with van der Waals surface area (Å²) in [4.78, 5) is 8.10. The highest BCUT2D eigenvalue weighted by molar-refractivity contribution is 7.86. The smallest absolute Gasteiger partial charge is 0.281 e. The molecule has 1 aromatic heterocycles. The quantitative estimate of drug-likeness (QED) is 0.895. The number of H-pyrrole nitrogens is 1. The summed E-state index contributed by atoms with van der Waals surface area (Å²) in [5, 5.41) is 0.